The Bertz CT molecular complexity index is 249. The van der Waals surface area contributed by atoms with Crippen LogP contribution >= 0.6 is 0 Å². The Morgan fingerprint density at radius 3 is 2.29 bits per heavy atom. The van der Waals surface area contributed by atoms with Crippen LogP contribution in [0.15, 0.2) is 0 Å². The summed E-state index contributed by atoms with van der Waals surface area (Å²) in [6.07, 6.45) is -0.447. The zero-order valence-electron chi connectivity index (χ0n) is 11.1. The minimum atomic E-state index is -0.488. The van der Waals surface area contributed by atoms with Gasteiger partial charge in [0.05, 0.1) is 6.54 Å². The van der Waals surface area contributed by atoms with Crippen molar-refractivity contribution in [3.63, 3.8) is 0 Å². The van der Waals surface area contributed by atoms with Crippen molar-refractivity contribution in [3.05, 3.63) is 0 Å². The van der Waals surface area contributed by atoms with E-state index in [1.807, 2.05) is 6.92 Å². The summed E-state index contributed by atoms with van der Waals surface area (Å²) in [6.45, 7) is 9.10. The third-order valence-corrected chi connectivity index (χ3v) is 1.63. The van der Waals surface area contributed by atoms with Crippen LogP contribution in [0, 0.1) is 0 Å². The number of alkyl carbamates (subject to hydrolysis) is 1. The van der Waals surface area contributed by atoms with E-state index in [0.717, 1.165) is 0 Å². The average molecular weight is 245 g/mol. The van der Waals surface area contributed by atoms with Gasteiger partial charge in [-0.2, -0.15) is 0 Å². The quantitative estimate of drug-likeness (QED) is 0.586. The monoisotopic (exact) mass is 245 g/mol. The van der Waals surface area contributed by atoms with Crippen LogP contribution in [-0.2, 0) is 9.53 Å². The van der Waals surface area contributed by atoms with Crippen LogP contribution in [0.4, 0.5) is 4.79 Å². The Hall–Kier alpha value is -1.30. The van der Waals surface area contributed by atoms with Gasteiger partial charge in [0.2, 0.25) is 5.91 Å². The molecule has 0 heterocycles. The van der Waals surface area contributed by atoms with E-state index in [1.54, 1.807) is 20.8 Å². The van der Waals surface area contributed by atoms with Gasteiger partial charge in [-0.1, -0.05) is 0 Å². The molecule has 0 atom stereocenters. The molecule has 3 N–H and O–H groups in total. The lowest BCUT2D eigenvalue weighted by atomic mass is 10.2. The first-order chi connectivity index (χ1) is 7.85. The highest BCUT2D eigenvalue weighted by Gasteiger charge is 2.15. The Morgan fingerprint density at radius 1 is 1.12 bits per heavy atom. The first-order valence-electron chi connectivity index (χ1n) is 5.79. The summed E-state index contributed by atoms with van der Waals surface area (Å²) in [5.41, 5.74) is -0.488. The molecular formula is C11H23N3O3. The Kier molecular flexibility index (Phi) is 7.29. The van der Waals surface area contributed by atoms with Crippen LogP contribution in [0.25, 0.3) is 0 Å². The van der Waals surface area contributed by atoms with Gasteiger partial charge in [-0.3, -0.25) is 4.79 Å². The zero-order chi connectivity index (χ0) is 13.3. The summed E-state index contributed by atoms with van der Waals surface area (Å²) in [5.74, 6) is -0.0511. The number of carbonyl (C=O) groups is 2. The number of nitrogens with one attached hydrogen (secondary N) is 3. The smallest absolute Gasteiger partial charge is 0.407 e. The Labute approximate surface area is 102 Å². The molecular weight excluding hydrogens is 222 g/mol. The van der Waals surface area contributed by atoms with Crippen LogP contribution < -0.4 is 16.0 Å². The minimum absolute atomic E-state index is 0.0511. The summed E-state index contributed by atoms with van der Waals surface area (Å²) in [6, 6.07) is 0. The van der Waals surface area contributed by atoms with Crippen molar-refractivity contribution in [1.29, 1.82) is 0 Å². The van der Waals surface area contributed by atoms with E-state index in [-0.39, 0.29) is 12.5 Å². The van der Waals surface area contributed by atoms with E-state index in [0.29, 0.717) is 19.6 Å². The third kappa shape index (κ3) is 11.0. The van der Waals surface area contributed by atoms with Gasteiger partial charge in [-0.05, 0) is 27.7 Å². The number of likely N-dealkylation sites (N-methyl/N-ethyl adjacent to an activating group) is 1. The molecule has 0 unspecified atom stereocenters. The van der Waals surface area contributed by atoms with Crippen LogP contribution in [0.5, 0.6) is 0 Å². The molecule has 100 valence electrons. The fourth-order valence-electron chi connectivity index (χ4n) is 1.03. The molecule has 0 saturated carbocycles. The molecule has 0 bridgehead atoms. The van der Waals surface area contributed by atoms with E-state index in [2.05, 4.69) is 16.0 Å². The van der Waals surface area contributed by atoms with Crippen molar-refractivity contribution in [2.45, 2.75) is 33.3 Å². The maximum absolute atomic E-state index is 11.2. The molecule has 6 heteroatoms. The van der Waals surface area contributed by atoms with Crippen LogP contribution in [0.2, 0.25) is 0 Å². The van der Waals surface area contributed by atoms with Gasteiger partial charge in [0, 0.05) is 19.6 Å². The summed E-state index contributed by atoms with van der Waals surface area (Å²) < 4.78 is 5.05. The first-order valence-corrected chi connectivity index (χ1v) is 5.79. The van der Waals surface area contributed by atoms with Crippen LogP contribution in [0.3, 0.4) is 0 Å². The summed E-state index contributed by atoms with van der Waals surface area (Å²) >= 11 is 0. The average Bonchev–Trinajstić information content (AvgIpc) is 2.14. The van der Waals surface area contributed by atoms with Gasteiger partial charge in [-0.25, -0.2) is 4.79 Å². The zero-order valence-corrected chi connectivity index (χ0v) is 11.1. The Morgan fingerprint density at radius 2 is 1.76 bits per heavy atom. The highest BCUT2D eigenvalue weighted by molar-refractivity contribution is 5.77. The minimum Gasteiger partial charge on any atom is -0.444 e. The molecule has 0 rings (SSSR count). The van der Waals surface area contributed by atoms with Crippen molar-refractivity contribution in [3.8, 4) is 0 Å². The lowest BCUT2D eigenvalue weighted by molar-refractivity contribution is -0.120. The molecule has 0 aliphatic rings. The second-order valence-electron chi connectivity index (χ2n) is 4.56. The van der Waals surface area contributed by atoms with E-state index in [4.69, 9.17) is 4.74 Å². The standard InChI is InChI=1S/C11H23N3O3/c1-5-13-9(15)8-12-6-7-14-10(16)17-11(2,3)4/h12H,5-8H2,1-4H3,(H,13,15)(H,14,16). The molecule has 0 fully saturated rings. The molecule has 0 aromatic heterocycles. The van der Waals surface area contributed by atoms with Crippen molar-refractivity contribution in [2.75, 3.05) is 26.2 Å². The predicted molar refractivity (Wildman–Crippen MR) is 65.8 cm³/mol. The van der Waals surface area contributed by atoms with E-state index < -0.39 is 11.7 Å². The van der Waals surface area contributed by atoms with Gasteiger partial charge < -0.3 is 20.7 Å². The number of amides is 2. The van der Waals surface area contributed by atoms with Crippen LogP contribution in [-0.4, -0.2) is 43.8 Å². The highest BCUT2D eigenvalue weighted by atomic mass is 16.6. The third-order valence-electron chi connectivity index (χ3n) is 1.63. The largest absolute Gasteiger partial charge is 0.444 e. The maximum Gasteiger partial charge on any atom is 0.407 e. The molecule has 0 aromatic carbocycles. The normalized spacial score (nSPS) is 10.8. The van der Waals surface area contributed by atoms with Crippen molar-refractivity contribution in [2.24, 2.45) is 0 Å². The second-order valence-corrected chi connectivity index (χ2v) is 4.56. The van der Waals surface area contributed by atoms with Gasteiger partial charge in [0.25, 0.3) is 0 Å². The predicted octanol–water partition coefficient (Wildman–Crippen LogP) is 0.237. The maximum atomic E-state index is 11.2. The van der Waals surface area contributed by atoms with Crippen molar-refractivity contribution >= 4 is 12.0 Å². The number of ether oxygens (including phenoxy) is 1. The first kappa shape index (κ1) is 15.7. The molecule has 0 spiro atoms. The van der Waals surface area contributed by atoms with Gasteiger partial charge in [0.1, 0.15) is 5.60 Å². The lowest BCUT2D eigenvalue weighted by Crippen LogP contribution is -2.39. The highest BCUT2D eigenvalue weighted by Crippen LogP contribution is 2.05. The van der Waals surface area contributed by atoms with Gasteiger partial charge >= 0.3 is 6.09 Å². The molecule has 17 heavy (non-hydrogen) atoms. The van der Waals surface area contributed by atoms with Crippen molar-refractivity contribution < 1.29 is 14.3 Å². The molecule has 0 radical (unpaired) electrons. The Balaban J connectivity index is 3.46. The summed E-state index contributed by atoms with van der Waals surface area (Å²) in [4.78, 5) is 22.3. The molecule has 2 amide bonds. The van der Waals surface area contributed by atoms with Gasteiger partial charge in [-0.15, -0.1) is 0 Å². The molecule has 0 aromatic rings. The van der Waals surface area contributed by atoms with E-state index in [9.17, 15) is 9.59 Å². The van der Waals surface area contributed by atoms with Crippen LogP contribution in [0.1, 0.15) is 27.7 Å². The van der Waals surface area contributed by atoms with Crippen molar-refractivity contribution in [1.82, 2.24) is 16.0 Å². The molecule has 0 aliphatic carbocycles. The van der Waals surface area contributed by atoms with E-state index in [1.165, 1.54) is 0 Å². The van der Waals surface area contributed by atoms with E-state index >= 15 is 0 Å². The summed E-state index contributed by atoms with van der Waals surface area (Å²) in [5, 5.41) is 8.16. The van der Waals surface area contributed by atoms with Gasteiger partial charge in [0.15, 0.2) is 0 Å². The molecule has 6 nitrogen and oxygen atoms in total. The second kappa shape index (κ2) is 7.89. The number of hydrogen-bond acceptors (Lipinski definition) is 4. The number of hydrogen-bond donors (Lipinski definition) is 3. The summed E-state index contributed by atoms with van der Waals surface area (Å²) in [7, 11) is 0. The molecule has 0 saturated heterocycles. The molecule has 0 aliphatic heterocycles. The lowest BCUT2D eigenvalue weighted by Gasteiger charge is -2.19. The topological polar surface area (TPSA) is 79.5 Å². The SMILES string of the molecule is CCNC(=O)CNCCNC(=O)OC(C)(C)C. The fraction of sp³-hybridized carbons (Fsp3) is 0.818. The number of rotatable bonds is 6. The fourth-order valence-corrected chi connectivity index (χ4v) is 1.03. The number of carbonyl (C=O) groups excluding carboxylic acids is 2.